The molecule has 0 atom stereocenters. The lowest BCUT2D eigenvalue weighted by Gasteiger charge is -1.95. The molecule has 0 aliphatic rings. The Morgan fingerprint density at radius 2 is 2.07 bits per heavy atom. The van der Waals surface area contributed by atoms with Gasteiger partial charge in [-0.2, -0.15) is 0 Å². The summed E-state index contributed by atoms with van der Waals surface area (Å²) in [5.41, 5.74) is 1.12. The molecule has 0 bridgehead atoms. The Morgan fingerprint density at radius 3 is 2.53 bits per heavy atom. The number of aliphatic hydroxyl groups excluding tert-OH is 1. The summed E-state index contributed by atoms with van der Waals surface area (Å²) in [6, 6.07) is 0. The number of rotatable bonds is 6. The molecule has 0 rings (SSSR count). The Labute approximate surface area is 93.3 Å². The maximum Gasteiger partial charge on any atom is 0.0827 e. The molecule has 0 amide bonds. The standard InChI is InChI=1S/C11H16O2.C2H6/c1-3-6-11(8-10-13-2)7-4-5-9-12;1-2/h3,5,7-10,12H,1,4,6H2,2H3;1-2H3/b9-5?,10-8+,11-7-;. The third-order valence-electron chi connectivity index (χ3n) is 1.42. The van der Waals surface area contributed by atoms with Gasteiger partial charge in [0, 0.05) is 0 Å². The Morgan fingerprint density at radius 1 is 1.40 bits per heavy atom. The molecule has 0 radical (unpaired) electrons. The maximum absolute atomic E-state index is 8.41. The first-order valence-corrected chi connectivity index (χ1v) is 5.13. The minimum Gasteiger partial charge on any atom is -0.516 e. The van der Waals surface area contributed by atoms with Gasteiger partial charge in [0.1, 0.15) is 0 Å². The normalized spacial score (nSPS) is 11.3. The first kappa shape index (κ1) is 16.0. The number of aliphatic hydroxyl groups is 1. The van der Waals surface area contributed by atoms with Crippen LogP contribution in [0.2, 0.25) is 0 Å². The van der Waals surface area contributed by atoms with Crippen LogP contribution in [-0.4, -0.2) is 12.2 Å². The van der Waals surface area contributed by atoms with Crippen LogP contribution in [0.5, 0.6) is 0 Å². The second kappa shape index (κ2) is 15.1. The summed E-state index contributed by atoms with van der Waals surface area (Å²) in [5, 5.41) is 8.41. The molecule has 0 aromatic rings. The van der Waals surface area contributed by atoms with Crippen LogP contribution in [0, 0.1) is 0 Å². The summed E-state index contributed by atoms with van der Waals surface area (Å²) in [7, 11) is 1.61. The van der Waals surface area contributed by atoms with E-state index in [2.05, 4.69) is 6.58 Å². The van der Waals surface area contributed by atoms with Gasteiger partial charge in [0.15, 0.2) is 0 Å². The topological polar surface area (TPSA) is 29.5 Å². The first-order valence-electron chi connectivity index (χ1n) is 5.13. The van der Waals surface area contributed by atoms with E-state index >= 15 is 0 Å². The van der Waals surface area contributed by atoms with Crippen molar-refractivity contribution in [1.82, 2.24) is 0 Å². The highest BCUT2D eigenvalue weighted by molar-refractivity contribution is 5.20. The summed E-state index contributed by atoms with van der Waals surface area (Å²) in [5.74, 6) is 0. The number of ether oxygens (including phenoxy) is 1. The van der Waals surface area contributed by atoms with E-state index in [1.807, 2.05) is 32.1 Å². The van der Waals surface area contributed by atoms with Gasteiger partial charge >= 0.3 is 0 Å². The van der Waals surface area contributed by atoms with Crippen molar-refractivity contribution in [3.8, 4) is 0 Å². The van der Waals surface area contributed by atoms with E-state index in [1.54, 1.807) is 19.4 Å². The average molecular weight is 210 g/mol. The quantitative estimate of drug-likeness (QED) is 0.405. The van der Waals surface area contributed by atoms with Crippen LogP contribution in [0.25, 0.3) is 0 Å². The zero-order valence-corrected chi connectivity index (χ0v) is 9.94. The van der Waals surface area contributed by atoms with Gasteiger partial charge < -0.3 is 9.84 Å². The molecule has 1 N–H and O–H groups in total. The van der Waals surface area contributed by atoms with E-state index < -0.39 is 0 Å². The molecule has 0 spiro atoms. The van der Waals surface area contributed by atoms with Crippen molar-refractivity contribution in [3.63, 3.8) is 0 Å². The Kier molecular flexibility index (Phi) is 16.1. The van der Waals surface area contributed by atoms with Gasteiger partial charge in [0.05, 0.1) is 19.6 Å². The van der Waals surface area contributed by atoms with Gasteiger partial charge in [-0.1, -0.05) is 26.0 Å². The highest BCUT2D eigenvalue weighted by Gasteiger charge is 1.87. The Balaban J connectivity index is 0. The fourth-order valence-corrected chi connectivity index (χ4v) is 0.822. The van der Waals surface area contributed by atoms with Crippen molar-refractivity contribution < 1.29 is 9.84 Å². The molecule has 0 heterocycles. The van der Waals surface area contributed by atoms with E-state index in [9.17, 15) is 0 Å². The largest absolute Gasteiger partial charge is 0.516 e. The van der Waals surface area contributed by atoms with E-state index in [4.69, 9.17) is 9.84 Å². The van der Waals surface area contributed by atoms with Crippen LogP contribution in [0.1, 0.15) is 26.7 Å². The average Bonchev–Trinajstić information content (AvgIpc) is 2.29. The minimum absolute atomic E-state index is 0.716. The zero-order chi connectivity index (χ0) is 11.9. The van der Waals surface area contributed by atoms with Crippen molar-refractivity contribution in [3.05, 3.63) is 49.0 Å². The molecular formula is C13H22O2. The van der Waals surface area contributed by atoms with Gasteiger partial charge in [-0.15, -0.1) is 6.58 Å². The monoisotopic (exact) mass is 210 g/mol. The fourth-order valence-electron chi connectivity index (χ4n) is 0.822. The highest BCUT2D eigenvalue weighted by Crippen LogP contribution is 2.05. The minimum atomic E-state index is 0.716. The third kappa shape index (κ3) is 12.6. The lowest BCUT2D eigenvalue weighted by Crippen LogP contribution is -1.76. The predicted octanol–water partition coefficient (Wildman–Crippen LogP) is 4.14. The molecule has 0 saturated heterocycles. The molecule has 0 aromatic carbocycles. The molecule has 0 aromatic heterocycles. The van der Waals surface area contributed by atoms with E-state index in [1.165, 1.54) is 0 Å². The summed E-state index contributed by atoms with van der Waals surface area (Å²) < 4.78 is 4.80. The smallest absolute Gasteiger partial charge is 0.0827 e. The lowest BCUT2D eigenvalue weighted by atomic mass is 10.1. The molecule has 2 nitrogen and oxygen atoms in total. The molecule has 0 fully saturated rings. The molecule has 0 aliphatic heterocycles. The van der Waals surface area contributed by atoms with Crippen molar-refractivity contribution >= 4 is 0 Å². The van der Waals surface area contributed by atoms with Crippen LogP contribution < -0.4 is 0 Å². The highest BCUT2D eigenvalue weighted by atomic mass is 16.5. The summed E-state index contributed by atoms with van der Waals surface area (Å²) >= 11 is 0. The molecule has 86 valence electrons. The van der Waals surface area contributed by atoms with Crippen LogP contribution in [0.4, 0.5) is 0 Å². The number of hydrogen-bond donors (Lipinski definition) is 1. The molecular weight excluding hydrogens is 188 g/mol. The van der Waals surface area contributed by atoms with Crippen molar-refractivity contribution in [2.24, 2.45) is 0 Å². The zero-order valence-electron chi connectivity index (χ0n) is 9.94. The number of allylic oxidation sites excluding steroid dienone is 5. The van der Waals surface area contributed by atoms with Crippen LogP contribution >= 0.6 is 0 Å². The molecule has 0 aliphatic carbocycles. The Bertz CT molecular complexity index is 213. The van der Waals surface area contributed by atoms with Crippen molar-refractivity contribution in [2.45, 2.75) is 26.7 Å². The number of hydrogen-bond acceptors (Lipinski definition) is 2. The van der Waals surface area contributed by atoms with Crippen LogP contribution in [0.3, 0.4) is 0 Å². The van der Waals surface area contributed by atoms with Gasteiger partial charge in [-0.3, -0.25) is 0 Å². The van der Waals surface area contributed by atoms with E-state index in [0.29, 0.717) is 6.42 Å². The molecule has 0 saturated carbocycles. The van der Waals surface area contributed by atoms with Crippen LogP contribution in [0.15, 0.2) is 49.0 Å². The van der Waals surface area contributed by atoms with Gasteiger partial charge in [-0.25, -0.2) is 0 Å². The second-order valence-corrected chi connectivity index (χ2v) is 2.43. The van der Waals surface area contributed by atoms with Crippen molar-refractivity contribution in [2.75, 3.05) is 7.11 Å². The molecule has 15 heavy (non-hydrogen) atoms. The van der Waals surface area contributed by atoms with E-state index in [-0.39, 0.29) is 0 Å². The van der Waals surface area contributed by atoms with Gasteiger partial charge in [-0.05, 0) is 30.6 Å². The SMILES string of the molecule is C=CCC(=C/CC=CO)/C=C/OC.CC. The third-order valence-corrected chi connectivity index (χ3v) is 1.42. The van der Waals surface area contributed by atoms with Crippen molar-refractivity contribution in [1.29, 1.82) is 0 Å². The second-order valence-electron chi connectivity index (χ2n) is 2.43. The molecule has 2 heteroatoms. The lowest BCUT2D eigenvalue weighted by molar-refractivity contribution is 0.337. The van der Waals surface area contributed by atoms with E-state index in [0.717, 1.165) is 18.3 Å². The number of methoxy groups -OCH3 is 1. The summed E-state index contributed by atoms with van der Waals surface area (Å²) in [6.45, 7) is 7.65. The van der Waals surface area contributed by atoms with Gasteiger partial charge in [0.2, 0.25) is 0 Å². The fraction of sp³-hybridized carbons (Fsp3) is 0.385. The van der Waals surface area contributed by atoms with Crippen LogP contribution in [-0.2, 0) is 4.74 Å². The summed E-state index contributed by atoms with van der Waals surface area (Å²) in [4.78, 5) is 0. The van der Waals surface area contributed by atoms with Gasteiger partial charge in [0.25, 0.3) is 0 Å². The predicted molar refractivity (Wildman–Crippen MR) is 66.8 cm³/mol. The maximum atomic E-state index is 8.41. The molecule has 0 unspecified atom stereocenters. The summed E-state index contributed by atoms with van der Waals surface area (Å²) in [6.07, 6.45) is 11.6. The Hall–Kier alpha value is -1.44. The first-order chi connectivity index (χ1) is 7.35.